The van der Waals surface area contributed by atoms with E-state index in [0.29, 0.717) is 5.56 Å². The Morgan fingerprint density at radius 1 is 1.53 bits per heavy atom. The second-order valence-corrected chi connectivity index (χ2v) is 5.74. The number of rotatable bonds is 2. The van der Waals surface area contributed by atoms with E-state index in [4.69, 9.17) is 4.42 Å². The first-order chi connectivity index (χ1) is 9.25. The molecule has 0 aliphatic carbocycles. The number of nitrogens with zero attached hydrogens (tertiary/aromatic N) is 2. The van der Waals surface area contributed by atoms with Crippen LogP contribution in [0.25, 0.3) is 0 Å². The second-order valence-electron chi connectivity index (χ2n) is 4.85. The number of aromatic nitrogens is 1. The maximum absolute atomic E-state index is 12.5. The van der Waals surface area contributed by atoms with Crippen molar-refractivity contribution in [3.63, 3.8) is 0 Å². The molecule has 0 radical (unpaired) electrons. The molecule has 0 unspecified atom stereocenters. The van der Waals surface area contributed by atoms with Crippen LogP contribution in [-0.4, -0.2) is 22.3 Å². The van der Waals surface area contributed by atoms with Crippen molar-refractivity contribution in [3.05, 3.63) is 40.2 Å². The first-order valence-electron chi connectivity index (χ1n) is 6.51. The molecule has 0 N–H and O–H groups in total. The van der Waals surface area contributed by atoms with Gasteiger partial charge in [-0.2, -0.15) is 0 Å². The Kier molecular flexibility index (Phi) is 3.38. The highest BCUT2D eigenvalue weighted by atomic mass is 32.1. The highest BCUT2D eigenvalue weighted by Crippen LogP contribution is 2.33. The van der Waals surface area contributed by atoms with E-state index in [0.717, 1.165) is 36.5 Å². The highest BCUT2D eigenvalue weighted by molar-refractivity contribution is 7.09. The largest absolute Gasteiger partial charge is 0.472 e. The van der Waals surface area contributed by atoms with E-state index in [1.807, 2.05) is 17.2 Å². The fraction of sp³-hybridized carbons (Fsp3) is 0.429. The molecule has 1 atom stereocenters. The number of aryl methyl sites for hydroxylation is 1. The van der Waals surface area contributed by atoms with Gasteiger partial charge in [-0.05, 0) is 32.3 Å². The molecule has 5 heteroatoms. The van der Waals surface area contributed by atoms with Gasteiger partial charge in [0.15, 0.2) is 0 Å². The minimum absolute atomic E-state index is 0.0475. The molecule has 2 aromatic rings. The number of hydrogen-bond acceptors (Lipinski definition) is 4. The first kappa shape index (κ1) is 12.4. The SMILES string of the molecule is Cc1csc([C@H]2CCCCN2C(=O)c2ccoc2)n1. The molecule has 1 amide bonds. The van der Waals surface area contributed by atoms with E-state index >= 15 is 0 Å². The summed E-state index contributed by atoms with van der Waals surface area (Å²) in [5, 5.41) is 3.10. The van der Waals surface area contributed by atoms with Crippen molar-refractivity contribution in [2.45, 2.75) is 32.2 Å². The predicted molar refractivity (Wildman–Crippen MR) is 73.2 cm³/mol. The van der Waals surface area contributed by atoms with E-state index in [9.17, 15) is 4.79 Å². The van der Waals surface area contributed by atoms with Crippen molar-refractivity contribution in [2.75, 3.05) is 6.54 Å². The number of piperidine rings is 1. The van der Waals surface area contributed by atoms with Gasteiger partial charge in [0, 0.05) is 17.6 Å². The average molecular weight is 276 g/mol. The third kappa shape index (κ3) is 2.42. The normalized spacial score (nSPS) is 19.6. The Labute approximate surface area is 116 Å². The summed E-state index contributed by atoms with van der Waals surface area (Å²) >= 11 is 1.65. The summed E-state index contributed by atoms with van der Waals surface area (Å²) < 4.78 is 5.01. The lowest BCUT2D eigenvalue weighted by Gasteiger charge is -2.34. The van der Waals surface area contributed by atoms with Crippen molar-refractivity contribution in [1.29, 1.82) is 0 Å². The molecule has 0 bridgehead atoms. The molecule has 1 fully saturated rings. The van der Waals surface area contributed by atoms with Crippen LogP contribution in [0.3, 0.4) is 0 Å². The van der Waals surface area contributed by atoms with Crippen LogP contribution in [0.2, 0.25) is 0 Å². The molecule has 1 saturated heterocycles. The highest BCUT2D eigenvalue weighted by Gasteiger charge is 2.30. The number of furan rings is 1. The lowest BCUT2D eigenvalue weighted by Crippen LogP contribution is -2.38. The zero-order valence-electron chi connectivity index (χ0n) is 10.8. The third-order valence-electron chi connectivity index (χ3n) is 3.45. The third-order valence-corrected chi connectivity index (χ3v) is 4.52. The van der Waals surface area contributed by atoms with Gasteiger partial charge < -0.3 is 9.32 Å². The number of carbonyl (C=O) groups excluding carboxylic acids is 1. The summed E-state index contributed by atoms with van der Waals surface area (Å²) in [4.78, 5) is 19.0. The van der Waals surface area contributed by atoms with Gasteiger partial charge in [-0.3, -0.25) is 4.79 Å². The number of likely N-dealkylation sites (tertiary alicyclic amines) is 1. The lowest BCUT2D eigenvalue weighted by atomic mass is 10.0. The molecule has 19 heavy (non-hydrogen) atoms. The van der Waals surface area contributed by atoms with Crippen molar-refractivity contribution in [2.24, 2.45) is 0 Å². The molecule has 3 heterocycles. The van der Waals surface area contributed by atoms with Gasteiger partial charge in [0.05, 0.1) is 17.9 Å². The number of thiazole rings is 1. The van der Waals surface area contributed by atoms with Gasteiger partial charge in [-0.15, -0.1) is 11.3 Å². The van der Waals surface area contributed by atoms with Crippen molar-refractivity contribution in [3.8, 4) is 0 Å². The second kappa shape index (κ2) is 5.17. The molecule has 1 aliphatic heterocycles. The van der Waals surface area contributed by atoms with Crippen LogP contribution in [-0.2, 0) is 0 Å². The minimum atomic E-state index is 0.0475. The Balaban J connectivity index is 1.87. The first-order valence-corrected chi connectivity index (χ1v) is 7.39. The van der Waals surface area contributed by atoms with E-state index in [2.05, 4.69) is 4.98 Å². The van der Waals surface area contributed by atoms with Crippen LogP contribution < -0.4 is 0 Å². The Morgan fingerprint density at radius 3 is 3.11 bits per heavy atom. The fourth-order valence-electron chi connectivity index (χ4n) is 2.51. The molecule has 3 rings (SSSR count). The van der Waals surface area contributed by atoms with Crippen LogP contribution >= 0.6 is 11.3 Å². The Bertz CT molecular complexity index is 562. The summed E-state index contributed by atoms with van der Waals surface area (Å²) in [5.41, 5.74) is 1.65. The quantitative estimate of drug-likeness (QED) is 0.844. The van der Waals surface area contributed by atoms with E-state index in [1.165, 1.54) is 6.26 Å². The van der Waals surface area contributed by atoms with Gasteiger partial charge in [0.2, 0.25) is 0 Å². The molecule has 2 aromatic heterocycles. The molecular formula is C14H16N2O2S. The molecule has 0 aromatic carbocycles. The molecular weight excluding hydrogens is 260 g/mol. The van der Waals surface area contributed by atoms with Crippen molar-refractivity contribution in [1.82, 2.24) is 9.88 Å². The summed E-state index contributed by atoms with van der Waals surface area (Å²) in [6, 6.07) is 1.84. The van der Waals surface area contributed by atoms with Gasteiger partial charge in [-0.25, -0.2) is 4.98 Å². The smallest absolute Gasteiger partial charge is 0.257 e. The zero-order valence-corrected chi connectivity index (χ0v) is 11.7. The van der Waals surface area contributed by atoms with Gasteiger partial charge in [-0.1, -0.05) is 0 Å². The van der Waals surface area contributed by atoms with Crippen LogP contribution in [0, 0.1) is 6.92 Å². The Morgan fingerprint density at radius 2 is 2.42 bits per heavy atom. The summed E-state index contributed by atoms with van der Waals surface area (Å²) in [7, 11) is 0. The lowest BCUT2D eigenvalue weighted by molar-refractivity contribution is 0.0610. The number of amides is 1. The molecule has 1 aliphatic rings. The summed E-state index contributed by atoms with van der Waals surface area (Å²) in [5.74, 6) is 0.0475. The van der Waals surface area contributed by atoms with E-state index in [1.54, 1.807) is 23.7 Å². The topological polar surface area (TPSA) is 46.3 Å². The van der Waals surface area contributed by atoms with Crippen molar-refractivity contribution < 1.29 is 9.21 Å². The number of hydrogen-bond donors (Lipinski definition) is 0. The number of carbonyl (C=O) groups is 1. The van der Waals surface area contributed by atoms with Gasteiger partial charge >= 0.3 is 0 Å². The van der Waals surface area contributed by atoms with Crippen molar-refractivity contribution >= 4 is 17.2 Å². The average Bonchev–Trinajstić information content (AvgIpc) is 3.09. The molecule has 0 spiro atoms. The van der Waals surface area contributed by atoms with Crippen LogP contribution in [0.5, 0.6) is 0 Å². The van der Waals surface area contributed by atoms with Gasteiger partial charge in [0.25, 0.3) is 5.91 Å². The van der Waals surface area contributed by atoms with Crippen LogP contribution in [0.15, 0.2) is 28.4 Å². The van der Waals surface area contributed by atoms with E-state index in [-0.39, 0.29) is 11.9 Å². The van der Waals surface area contributed by atoms with Crippen LogP contribution in [0.4, 0.5) is 0 Å². The minimum Gasteiger partial charge on any atom is -0.472 e. The zero-order chi connectivity index (χ0) is 13.2. The van der Waals surface area contributed by atoms with Crippen LogP contribution in [0.1, 0.15) is 46.4 Å². The summed E-state index contributed by atoms with van der Waals surface area (Å²) in [6.45, 7) is 2.79. The Hall–Kier alpha value is -1.62. The maximum atomic E-state index is 12.5. The van der Waals surface area contributed by atoms with Gasteiger partial charge in [0.1, 0.15) is 11.3 Å². The summed E-state index contributed by atoms with van der Waals surface area (Å²) in [6.07, 6.45) is 6.26. The molecule has 4 nitrogen and oxygen atoms in total. The molecule has 100 valence electrons. The predicted octanol–water partition coefficient (Wildman–Crippen LogP) is 3.41. The fourth-order valence-corrected chi connectivity index (χ4v) is 3.45. The molecule has 0 saturated carbocycles. The standard InChI is InChI=1S/C14H16N2O2S/c1-10-9-19-13(15-10)12-4-2-3-6-16(12)14(17)11-5-7-18-8-11/h5,7-9,12H,2-4,6H2,1H3/t12-/m1/s1. The van der Waals surface area contributed by atoms with E-state index < -0.39 is 0 Å². The monoisotopic (exact) mass is 276 g/mol. The maximum Gasteiger partial charge on any atom is 0.257 e.